The third-order valence-electron chi connectivity index (χ3n) is 10.4. The number of benzene rings is 4. The first kappa shape index (κ1) is 43.6. The average Bonchev–Trinajstić information content (AvgIpc) is 3.86. The minimum absolute atomic E-state index is 0. The van der Waals surface area contributed by atoms with Crippen LogP contribution in [0.25, 0.3) is 22.3 Å². The van der Waals surface area contributed by atoms with Gasteiger partial charge in [0.15, 0.2) is 0 Å². The molecule has 0 N–H and O–H groups in total. The first-order valence-corrected chi connectivity index (χ1v) is 19.5. The molecule has 0 bridgehead atoms. The van der Waals surface area contributed by atoms with E-state index in [1.165, 1.54) is 104 Å². The van der Waals surface area contributed by atoms with Gasteiger partial charge in [0, 0.05) is 5.41 Å². The van der Waals surface area contributed by atoms with Crippen molar-refractivity contribution in [2.24, 2.45) is 10.8 Å². The molecule has 280 valence electrons. The molecule has 0 amide bonds. The summed E-state index contributed by atoms with van der Waals surface area (Å²) < 4.78 is 26.6. The predicted molar refractivity (Wildman–Crippen MR) is 212 cm³/mol. The molecule has 3 aliphatic rings. The fourth-order valence-corrected chi connectivity index (χ4v) is 8.48. The molecule has 8 rings (SSSR count). The van der Waals surface area contributed by atoms with Gasteiger partial charge in [-0.15, -0.1) is 11.6 Å². The van der Waals surface area contributed by atoms with Crippen LogP contribution >= 0.6 is 0 Å². The zero-order chi connectivity index (χ0) is 37.8. The summed E-state index contributed by atoms with van der Waals surface area (Å²) in [5, 5.41) is 0. The Bertz CT molecular complexity index is 2030. The number of hydrogen-bond donors (Lipinski definition) is 0. The molecule has 5 aromatic rings. The van der Waals surface area contributed by atoms with Crippen molar-refractivity contribution in [2.45, 2.75) is 86.5 Å². The minimum atomic E-state index is -0.244. The normalized spacial score (nSPS) is 15.3. The van der Waals surface area contributed by atoms with Crippen LogP contribution in [0.2, 0.25) is 0 Å². The van der Waals surface area contributed by atoms with Crippen LogP contribution in [0.1, 0.15) is 114 Å². The molecule has 0 aliphatic heterocycles. The maximum Gasteiger partial charge on any atom is -0.172 e. The summed E-state index contributed by atoms with van der Waals surface area (Å²) in [5.41, 5.74) is 16.9. The predicted octanol–water partition coefficient (Wildman–Crippen LogP) is 7.00. The Hall–Kier alpha value is -3.10. The quantitative estimate of drug-likeness (QED) is 0.165. The Kier molecular flexibility index (Phi) is 13.1. The molecule has 0 saturated heterocycles. The third kappa shape index (κ3) is 8.96. The van der Waals surface area contributed by atoms with E-state index in [1.54, 1.807) is 24.3 Å². The summed E-state index contributed by atoms with van der Waals surface area (Å²) in [6, 6.07) is 32.7. The fraction of sp³-hybridized carbons (Fsp3) is 0.306. The van der Waals surface area contributed by atoms with Gasteiger partial charge in [-0.3, -0.25) is 6.08 Å². The van der Waals surface area contributed by atoms with Gasteiger partial charge in [-0.2, -0.15) is 23.8 Å². The van der Waals surface area contributed by atoms with E-state index >= 15 is 0 Å². The number of hydrogen-bond acceptors (Lipinski definition) is 0. The van der Waals surface area contributed by atoms with Gasteiger partial charge >= 0.3 is 108 Å². The van der Waals surface area contributed by atoms with Gasteiger partial charge in [-0.05, 0) is 62.3 Å². The smallest absolute Gasteiger partial charge is 0.172 e. The molecule has 0 nitrogen and oxygen atoms in total. The van der Waals surface area contributed by atoms with Crippen molar-refractivity contribution in [3.63, 3.8) is 0 Å². The molecule has 0 atom stereocenters. The Morgan fingerprint density at radius 2 is 1.11 bits per heavy atom. The van der Waals surface area contributed by atoms with Gasteiger partial charge in [0.05, 0.1) is 0 Å². The molecule has 0 heterocycles. The summed E-state index contributed by atoms with van der Waals surface area (Å²) in [6.07, 6.45) is 7.41. The molecule has 0 aromatic heterocycles. The molecule has 0 spiro atoms. The van der Waals surface area contributed by atoms with Gasteiger partial charge in [0.25, 0.3) is 0 Å². The number of allylic oxidation sites excluding steroid dienone is 4. The molecule has 0 fully saturated rings. The first-order chi connectivity index (χ1) is 24.3. The van der Waals surface area contributed by atoms with E-state index in [0.29, 0.717) is 0 Å². The van der Waals surface area contributed by atoms with Crippen molar-refractivity contribution >= 4 is 14.4 Å². The molecule has 3 aliphatic carbocycles. The van der Waals surface area contributed by atoms with Crippen molar-refractivity contribution < 1.29 is 57.8 Å². The SMILES string of the molecule is CC(C)(C)C1=[C-]C(C)(C)c2cc3c(cc21)-c1cc2c(cc1C3)C(C)(C)C=C2C(C)(C)C.Fc1ccc([C](=[Zr+2])c2ccc(F)cc2)cc1.[Cl-].[Cl-].c1cc[cH-]c1. The molecule has 0 radical (unpaired) electrons. The van der Waals surface area contributed by atoms with Crippen molar-refractivity contribution in [3.8, 4) is 11.1 Å². The summed E-state index contributed by atoms with van der Waals surface area (Å²) in [4.78, 5) is 0. The monoisotopic (exact) mass is 836 g/mol. The van der Waals surface area contributed by atoms with Crippen LogP contribution in [0, 0.1) is 28.5 Å². The van der Waals surface area contributed by atoms with Gasteiger partial charge in [0.2, 0.25) is 0 Å². The van der Waals surface area contributed by atoms with E-state index < -0.39 is 0 Å². The van der Waals surface area contributed by atoms with E-state index in [9.17, 15) is 8.78 Å². The zero-order valence-corrected chi connectivity index (χ0v) is 37.1. The zero-order valence-electron chi connectivity index (χ0n) is 33.1. The molecule has 0 unspecified atom stereocenters. The van der Waals surface area contributed by atoms with E-state index in [0.717, 1.165) is 20.8 Å². The van der Waals surface area contributed by atoms with Crippen molar-refractivity contribution in [3.05, 3.63) is 171 Å². The summed E-state index contributed by atoms with van der Waals surface area (Å²) in [7, 11) is 0. The average molecular weight is 839 g/mol. The Labute approximate surface area is 349 Å². The molecular weight excluding hydrogens is 789 g/mol. The maximum absolute atomic E-state index is 12.8. The third-order valence-corrected chi connectivity index (χ3v) is 11.8. The Balaban J connectivity index is 0.000000236. The second kappa shape index (κ2) is 16.2. The topological polar surface area (TPSA) is 0 Å². The fourth-order valence-electron chi connectivity index (χ4n) is 7.66. The molecule has 5 heteroatoms. The second-order valence-corrected chi connectivity index (χ2v) is 18.8. The van der Waals surface area contributed by atoms with Crippen molar-refractivity contribution in [2.75, 3.05) is 0 Å². The molecule has 0 saturated carbocycles. The van der Waals surface area contributed by atoms with Crippen molar-refractivity contribution in [1.29, 1.82) is 0 Å². The van der Waals surface area contributed by atoms with Gasteiger partial charge in [-0.1, -0.05) is 92.9 Å². The Morgan fingerprint density at radius 1 is 0.648 bits per heavy atom. The Morgan fingerprint density at radius 3 is 1.54 bits per heavy atom. The van der Waals surface area contributed by atoms with E-state index in [1.807, 2.05) is 30.3 Å². The largest absolute Gasteiger partial charge is 1.00 e. The van der Waals surface area contributed by atoms with Gasteiger partial charge < -0.3 is 24.8 Å². The van der Waals surface area contributed by atoms with Gasteiger partial charge in [0.1, 0.15) is 0 Å². The first-order valence-electron chi connectivity index (χ1n) is 18.3. The van der Waals surface area contributed by atoms with Crippen LogP contribution in [-0.2, 0) is 41.5 Å². The van der Waals surface area contributed by atoms with Crippen LogP contribution in [0.5, 0.6) is 0 Å². The van der Waals surface area contributed by atoms with Gasteiger partial charge in [-0.25, -0.2) is 17.7 Å². The number of rotatable bonds is 2. The molecule has 5 aromatic carbocycles. The van der Waals surface area contributed by atoms with Crippen molar-refractivity contribution in [1.82, 2.24) is 0 Å². The number of fused-ring (bicyclic) bond motifs is 5. The van der Waals surface area contributed by atoms with Crippen LogP contribution in [0.3, 0.4) is 0 Å². The summed E-state index contributed by atoms with van der Waals surface area (Å²) in [5.74, 6) is -0.488. The van der Waals surface area contributed by atoms with Crippen LogP contribution in [0.15, 0.2) is 109 Å². The molecular formula is C49H50Cl2F2Zr-2. The van der Waals surface area contributed by atoms with E-state index in [2.05, 4.69) is 106 Å². The summed E-state index contributed by atoms with van der Waals surface area (Å²) in [6.45, 7) is 23.3. The van der Waals surface area contributed by atoms with E-state index in [-0.39, 0.29) is 58.1 Å². The van der Waals surface area contributed by atoms with Crippen LogP contribution in [0.4, 0.5) is 8.78 Å². The van der Waals surface area contributed by atoms with Crippen LogP contribution in [-0.4, -0.2) is 3.21 Å². The number of halogens is 4. The minimum Gasteiger partial charge on any atom is -1.00 e. The molecule has 54 heavy (non-hydrogen) atoms. The standard InChI is InChI=1S/C31H37.C13H8F2.C5H5.2ClH.Zr/c1-28(2,3)26-16-30(7,8)24-12-18-11-19-13-25-23(15-21(19)20(18)14-22(24)26)27(29(4,5)6)17-31(25,9)10;14-12-5-1-10(2-6-12)9-11-3-7-13(15)8-4-11;1-2-4-5-3-1;;;/h12-16H,11H2,1-10H3;1-8H;1-5H;2*1H;/q-1;;-1;;;+2/p-2. The maximum atomic E-state index is 12.8. The van der Waals surface area contributed by atoms with E-state index in [4.69, 9.17) is 0 Å². The summed E-state index contributed by atoms with van der Waals surface area (Å²) >= 11 is 1.22. The second-order valence-electron chi connectivity index (χ2n) is 17.5. The van der Waals surface area contributed by atoms with Crippen LogP contribution < -0.4 is 24.8 Å².